The average Bonchev–Trinajstić information content (AvgIpc) is 3.08. The van der Waals surface area contributed by atoms with Gasteiger partial charge in [-0.1, -0.05) is 0 Å². The standard InChI is InChI=1S/C21H19.C3H6.2ClH.Zr/c1-13-10-21(15(3)14(13)2)17-8-9-20-18(12-17)11-16-6-4-5-7-19(16)20;1-3-2;;;/h4-9H,10-11H2,1-3H3;1-2H3;2*1H;. The van der Waals surface area contributed by atoms with Gasteiger partial charge in [-0.15, -0.1) is 24.8 Å². The van der Waals surface area contributed by atoms with Crippen molar-refractivity contribution in [2.45, 2.75) is 47.5 Å². The molecule has 2 aliphatic rings. The molecule has 27 heavy (non-hydrogen) atoms. The van der Waals surface area contributed by atoms with E-state index in [-0.39, 0.29) is 24.8 Å². The van der Waals surface area contributed by atoms with E-state index >= 15 is 0 Å². The van der Waals surface area contributed by atoms with Crippen LogP contribution in [0.2, 0.25) is 0 Å². The zero-order valence-electron chi connectivity index (χ0n) is 16.7. The van der Waals surface area contributed by atoms with Gasteiger partial charge in [-0.2, -0.15) is 0 Å². The third-order valence-corrected chi connectivity index (χ3v) is 9.03. The molecule has 0 spiro atoms. The Kier molecular flexibility index (Phi) is 7.29. The Morgan fingerprint density at radius 2 is 1.44 bits per heavy atom. The van der Waals surface area contributed by atoms with Crippen LogP contribution < -0.4 is 3.27 Å². The Labute approximate surface area is 187 Å². The van der Waals surface area contributed by atoms with Crippen molar-refractivity contribution in [1.29, 1.82) is 0 Å². The summed E-state index contributed by atoms with van der Waals surface area (Å²) in [6.07, 6.45) is 2.26. The van der Waals surface area contributed by atoms with Crippen LogP contribution in [-0.4, -0.2) is 3.21 Å². The first-order chi connectivity index (χ1) is 12.0. The molecule has 0 saturated carbocycles. The fourth-order valence-corrected chi connectivity index (χ4v) is 7.28. The zero-order valence-corrected chi connectivity index (χ0v) is 20.8. The molecule has 0 aromatic heterocycles. The quantitative estimate of drug-likeness (QED) is 0.393. The predicted octanol–water partition coefficient (Wildman–Crippen LogP) is 6.54. The van der Waals surface area contributed by atoms with Crippen molar-refractivity contribution in [3.05, 3.63) is 69.8 Å². The Morgan fingerprint density at radius 1 is 0.778 bits per heavy atom. The molecule has 0 bridgehead atoms. The second kappa shape index (κ2) is 8.73. The average molecular weight is 478 g/mol. The number of halogens is 2. The van der Waals surface area contributed by atoms with Crippen LogP contribution in [0.3, 0.4) is 0 Å². The number of fused-ring (bicyclic) bond motifs is 3. The van der Waals surface area contributed by atoms with Crippen molar-refractivity contribution in [3.8, 4) is 11.1 Å². The van der Waals surface area contributed by atoms with Crippen LogP contribution in [0, 0.1) is 0 Å². The number of hydrogen-bond acceptors (Lipinski definition) is 0. The van der Waals surface area contributed by atoms with Crippen molar-refractivity contribution >= 4 is 36.9 Å². The monoisotopic (exact) mass is 475 g/mol. The van der Waals surface area contributed by atoms with E-state index in [9.17, 15) is 0 Å². The first kappa shape index (κ1) is 22.5. The van der Waals surface area contributed by atoms with E-state index in [0.29, 0.717) is 0 Å². The van der Waals surface area contributed by atoms with Gasteiger partial charge >= 0.3 is 163 Å². The largest absolute Gasteiger partial charge is 0.147 e. The molecular weight excluding hydrogens is 450 g/mol. The molecule has 0 aliphatic heterocycles. The van der Waals surface area contributed by atoms with E-state index in [1.54, 1.807) is 28.8 Å². The Morgan fingerprint density at radius 3 is 2.07 bits per heavy atom. The van der Waals surface area contributed by atoms with Gasteiger partial charge in [0.25, 0.3) is 0 Å². The maximum absolute atomic E-state index is 2.44. The Hall–Kier alpha value is -0.747. The summed E-state index contributed by atoms with van der Waals surface area (Å²) in [7, 11) is 0. The summed E-state index contributed by atoms with van der Waals surface area (Å²) in [6.45, 7) is 11.6. The van der Waals surface area contributed by atoms with E-state index < -0.39 is 22.8 Å². The molecule has 0 radical (unpaired) electrons. The summed E-state index contributed by atoms with van der Waals surface area (Å²) in [4.78, 5) is 0. The summed E-state index contributed by atoms with van der Waals surface area (Å²) in [5, 5.41) is 0. The van der Waals surface area contributed by atoms with Gasteiger partial charge in [-0.05, 0) is 0 Å². The van der Waals surface area contributed by atoms with Gasteiger partial charge in [-0.3, -0.25) is 0 Å². The maximum Gasteiger partial charge on any atom is -0.147 e. The predicted molar refractivity (Wildman–Crippen MR) is 121 cm³/mol. The number of rotatable bonds is 2. The first-order valence-corrected chi connectivity index (χ1v) is 11.6. The van der Waals surface area contributed by atoms with Crippen LogP contribution >= 0.6 is 24.8 Å². The zero-order chi connectivity index (χ0) is 17.7. The first-order valence-electron chi connectivity index (χ1n) is 9.15. The molecule has 141 valence electrons. The van der Waals surface area contributed by atoms with Gasteiger partial charge in [0.15, 0.2) is 0 Å². The van der Waals surface area contributed by atoms with Gasteiger partial charge in [-0.25, -0.2) is 0 Å². The van der Waals surface area contributed by atoms with Gasteiger partial charge in [0, 0.05) is 0 Å². The minimum atomic E-state index is -0.693. The van der Waals surface area contributed by atoms with Gasteiger partial charge < -0.3 is 0 Å². The molecule has 2 aromatic rings. The van der Waals surface area contributed by atoms with Crippen LogP contribution in [0.25, 0.3) is 16.7 Å². The number of benzene rings is 2. The Bertz CT molecular complexity index is 989. The number of hydrogen-bond donors (Lipinski definition) is 0. The van der Waals surface area contributed by atoms with Gasteiger partial charge in [0.2, 0.25) is 0 Å². The van der Waals surface area contributed by atoms with Crippen molar-refractivity contribution in [3.63, 3.8) is 0 Å². The molecule has 2 aliphatic carbocycles. The summed E-state index contributed by atoms with van der Waals surface area (Å²) < 4.78 is 3.39. The summed E-state index contributed by atoms with van der Waals surface area (Å²) in [5.74, 6) is 0. The van der Waals surface area contributed by atoms with E-state index in [1.165, 1.54) is 27.8 Å². The molecular formula is C24H27Cl2Zr. The van der Waals surface area contributed by atoms with Crippen molar-refractivity contribution in [2.24, 2.45) is 0 Å². The van der Waals surface area contributed by atoms with Crippen LogP contribution in [0.4, 0.5) is 0 Å². The SMILES string of the molecule is C[C](C)=[Zr][c]1c(C2=C(C)C(C)=C(C)C2)ccc2c1Cc1ccccc1-2.Cl.Cl. The van der Waals surface area contributed by atoms with E-state index in [2.05, 4.69) is 71.0 Å². The van der Waals surface area contributed by atoms with Gasteiger partial charge in [0.1, 0.15) is 0 Å². The molecule has 0 N–H and O–H groups in total. The molecule has 0 heterocycles. The van der Waals surface area contributed by atoms with E-state index in [1.807, 2.05) is 0 Å². The van der Waals surface area contributed by atoms with Crippen LogP contribution in [-0.2, 0) is 29.2 Å². The van der Waals surface area contributed by atoms with E-state index in [4.69, 9.17) is 0 Å². The molecule has 0 nitrogen and oxygen atoms in total. The molecule has 2 aromatic carbocycles. The smallest absolute Gasteiger partial charge is 0.147 e. The third-order valence-electron chi connectivity index (χ3n) is 5.79. The fraction of sp³-hybridized carbons (Fsp3) is 0.292. The second-order valence-corrected chi connectivity index (χ2v) is 12.0. The van der Waals surface area contributed by atoms with Crippen molar-refractivity contribution in [2.75, 3.05) is 0 Å². The number of allylic oxidation sites excluding steroid dienone is 4. The summed E-state index contributed by atoms with van der Waals surface area (Å²) >= 11 is -0.693. The summed E-state index contributed by atoms with van der Waals surface area (Å²) in [6, 6.07) is 13.8. The minimum Gasteiger partial charge on any atom is -0.147 e. The topological polar surface area (TPSA) is 0 Å². The van der Waals surface area contributed by atoms with E-state index in [0.717, 1.165) is 12.8 Å². The van der Waals surface area contributed by atoms with Crippen LogP contribution in [0.15, 0.2) is 53.1 Å². The molecule has 0 unspecified atom stereocenters. The van der Waals surface area contributed by atoms with Crippen LogP contribution in [0.1, 0.15) is 57.7 Å². The molecule has 4 rings (SSSR count). The Balaban J connectivity index is 0.00000131. The van der Waals surface area contributed by atoms with Crippen LogP contribution in [0.5, 0.6) is 0 Å². The van der Waals surface area contributed by atoms with Crippen molar-refractivity contribution in [1.82, 2.24) is 0 Å². The third kappa shape index (κ3) is 3.89. The normalized spacial score (nSPS) is 14.3. The molecule has 0 amide bonds. The minimum absolute atomic E-state index is 0. The fourth-order valence-electron chi connectivity index (χ4n) is 4.23. The van der Waals surface area contributed by atoms with Crippen molar-refractivity contribution < 1.29 is 22.8 Å². The van der Waals surface area contributed by atoms with Gasteiger partial charge in [0.05, 0.1) is 0 Å². The summed E-state index contributed by atoms with van der Waals surface area (Å²) in [5.41, 5.74) is 13.8. The molecule has 0 saturated heterocycles. The second-order valence-electron chi connectivity index (χ2n) is 7.66. The maximum atomic E-state index is 2.44. The molecule has 3 heteroatoms. The molecule has 0 fully saturated rings. The molecule has 0 atom stereocenters.